The van der Waals surface area contributed by atoms with E-state index in [1.165, 1.54) is 0 Å². The van der Waals surface area contributed by atoms with E-state index >= 15 is 0 Å². The molecule has 0 aliphatic heterocycles. The van der Waals surface area contributed by atoms with Gasteiger partial charge in [-0.25, -0.2) is 4.52 Å². The molecule has 0 radical (unpaired) electrons. The summed E-state index contributed by atoms with van der Waals surface area (Å²) < 4.78 is 1.72. The fraction of sp³-hybridized carbons (Fsp3) is 0.208. The number of carbonyl (C=O) groups is 1. The maximum atomic E-state index is 12.6. The van der Waals surface area contributed by atoms with Crippen molar-refractivity contribution in [2.24, 2.45) is 0 Å². The number of nitrogens with zero attached hydrogens (tertiary/aromatic N) is 3. The third-order valence-electron chi connectivity index (χ3n) is 4.84. The molecule has 30 heavy (non-hydrogen) atoms. The summed E-state index contributed by atoms with van der Waals surface area (Å²) in [5, 5.41) is 17.0. The quantitative estimate of drug-likeness (QED) is 0.519. The standard InChI is InChI=1S/C24H24N4O2/c1-24(2,30)16-26-23(29)21-14-20(22-6-4-12-28(22)27-21)13-17-7-9-18(10-8-17)19-5-3-11-25-15-19/h3-12,14-15,30H,13,16H2,1-2H3,(H,26,29). The molecular formula is C24H24N4O2. The van der Waals surface area contributed by atoms with E-state index in [0.29, 0.717) is 12.1 Å². The van der Waals surface area contributed by atoms with Crippen molar-refractivity contribution >= 4 is 11.4 Å². The molecule has 1 aromatic carbocycles. The summed E-state index contributed by atoms with van der Waals surface area (Å²) in [6.07, 6.45) is 6.12. The number of amides is 1. The van der Waals surface area contributed by atoms with Gasteiger partial charge in [-0.15, -0.1) is 0 Å². The lowest BCUT2D eigenvalue weighted by Crippen LogP contribution is -2.38. The Kier molecular flexibility index (Phi) is 5.33. The minimum absolute atomic E-state index is 0.155. The lowest BCUT2D eigenvalue weighted by molar-refractivity contribution is 0.0691. The second kappa shape index (κ2) is 8.08. The predicted molar refractivity (Wildman–Crippen MR) is 116 cm³/mol. The Morgan fingerprint density at radius 3 is 2.60 bits per heavy atom. The molecule has 6 heteroatoms. The summed E-state index contributed by atoms with van der Waals surface area (Å²) in [5.74, 6) is -0.305. The number of aliphatic hydroxyl groups is 1. The van der Waals surface area contributed by atoms with Crippen molar-refractivity contribution in [1.82, 2.24) is 19.9 Å². The average molecular weight is 400 g/mol. The van der Waals surface area contributed by atoms with Gasteiger partial charge in [-0.05, 0) is 66.8 Å². The maximum Gasteiger partial charge on any atom is 0.271 e. The van der Waals surface area contributed by atoms with Crippen LogP contribution in [0.5, 0.6) is 0 Å². The third kappa shape index (κ3) is 4.55. The van der Waals surface area contributed by atoms with Gasteiger partial charge in [-0.2, -0.15) is 5.10 Å². The van der Waals surface area contributed by atoms with E-state index in [1.807, 2.05) is 42.7 Å². The summed E-state index contributed by atoms with van der Waals surface area (Å²) in [7, 11) is 0. The van der Waals surface area contributed by atoms with E-state index in [9.17, 15) is 9.90 Å². The fourth-order valence-electron chi connectivity index (χ4n) is 3.31. The van der Waals surface area contributed by atoms with Crippen LogP contribution in [0.2, 0.25) is 0 Å². The Morgan fingerprint density at radius 2 is 1.90 bits per heavy atom. The molecule has 0 saturated carbocycles. The van der Waals surface area contributed by atoms with Gasteiger partial charge in [0, 0.05) is 25.1 Å². The lowest BCUT2D eigenvalue weighted by atomic mass is 10.0. The molecule has 6 nitrogen and oxygen atoms in total. The first-order valence-corrected chi connectivity index (χ1v) is 9.86. The fourth-order valence-corrected chi connectivity index (χ4v) is 3.31. The van der Waals surface area contributed by atoms with E-state index in [1.54, 1.807) is 24.6 Å². The number of benzene rings is 1. The summed E-state index contributed by atoms with van der Waals surface area (Å²) >= 11 is 0. The Labute approximate surface area is 175 Å². The second-order valence-corrected chi connectivity index (χ2v) is 8.00. The van der Waals surface area contributed by atoms with Gasteiger partial charge >= 0.3 is 0 Å². The normalized spacial score (nSPS) is 11.6. The van der Waals surface area contributed by atoms with Crippen molar-refractivity contribution in [3.63, 3.8) is 0 Å². The summed E-state index contributed by atoms with van der Waals surface area (Å²) in [6, 6.07) is 18.0. The van der Waals surface area contributed by atoms with Gasteiger partial charge in [0.15, 0.2) is 0 Å². The second-order valence-electron chi connectivity index (χ2n) is 8.00. The molecule has 152 valence electrons. The zero-order chi connectivity index (χ0) is 21.1. The van der Waals surface area contributed by atoms with E-state index < -0.39 is 5.60 Å². The highest BCUT2D eigenvalue weighted by Gasteiger charge is 2.17. The lowest BCUT2D eigenvalue weighted by Gasteiger charge is -2.17. The van der Waals surface area contributed by atoms with Crippen LogP contribution in [0.15, 0.2) is 73.2 Å². The Hall–Kier alpha value is -3.51. The third-order valence-corrected chi connectivity index (χ3v) is 4.84. The molecule has 0 aliphatic carbocycles. The van der Waals surface area contributed by atoms with Gasteiger partial charge in [0.05, 0.1) is 11.1 Å². The van der Waals surface area contributed by atoms with Gasteiger partial charge in [-0.3, -0.25) is 9.78 Å². The number of nitrogens with one attached hydrogen (secondary N) is 1. The van der Waals surface area contributed by atoms with E-state index in [-0.39, 0.29) is 12.5 Å². The molecule has 0 unspecified atom stereocenters. The van der Waals surface area contributed by atoms with Crippen LogP contribution in [0.25, 0.3) is 16.6 Å². The van der Waals surface area contributed by atoms with E-state index in [4.69, 9.17) is 0 Å². The molecular weight excluding hydrogens is 376 g/mol. The first kappa shape index (κ1) is 19.8. The molecule has 0 spiro atoms. The first-order chi connectivity index (χ1) is 14.4. The molecule has 2 N–H and O–H groups in total. The van der Waals surface area contributed by atoms with Crippen molar-refractivity contribution in [1.29, 1.82) is 0 Å². The first-order valence-electron chi connectivity index (χ1n) is 9.86. The molecule has 4 aromatic rings. The molecule has 3 aromatic heterocycles. The Morgan fingerprint density at radius 1 is 1.10 bits per heavy atom. The van der Waals surface area contributed by atoms with Gasteiger partial charge in [0.1, 0.15) is 5.69 Å². The van der Waals surface area contributed by atoms with Gasteiger partial charge in [-0.1, -0.05) is 30.3 Å². The Balaban J connectivity index is 1.59. The van der Waals surface area contributed by atoms with Gasteiger partial charge in [0.2, 0.25) is 0 Å². The smallest absolute Gasteiger partial charge is 0.271 e. The van der Waals surface area contributed by atoms with Gasteiger partial charge < -0.3 is 10.4 Å². The molecule has 0 atom stereocenters. The highest BCUT2D eigenvalue weighted by atomic mass is 16.3. The van der Waals surface area contributed by atoms with Gasteiger partial charge in [0.25, 0.3) is 5.91 Å². The summed E-state index contributed by atoms with van der Waals surface area (Å²) in [6.45, 7) is 3.45. The van der Waals surface area contributed by atoms with Crippen LogP contribution in [0.3, 0.4) is 0 Å². The van der Waals surface area contributed by atoms with Crippen LogP contribution in [0.1, 0.15) is 35.5 Å². The molecule has 0 bridgehead atoms. The van der Waals surface area contributed by atoms with E-state index in [0.717, 1.165) is 27.8 Å². The van der Waals surface area contributed by atoms with Crippen LogP contribution in [0, 0.1) is 0 Å². The molecule has 1 amide bonds. The van der Waals surface area contributed by atoms with Crippen LogP contribution in [-0.2, 0) is 6.42 Å². The highest BCUT2D eigenvalue weighted by molar-refractivity contribution is 5.92. The monoisotopic (exact) mass is 400 g/mol. The molecule has 3 heterocycles. The number of fused-ring (bicyclic) bond motifs is 1. The van der Waals surface area contributed by atoms with Crippen molar-refractivity contribution < 1.29 is 9.90 Å². The number of rotatable bonds is 6. The highest BCUT2D eigenvalue weighted by Crippen LogP contribution is 2.21. The minimum Gasteiger partial charge on any atom is -0.389 e. The molecule has 0 aliphatic rings. The largest absolute Gasteiger partial charge is 0.389 e. The minimum atomic E-state index is -0.980. The van der Waals surface area contributed by atoms with Crippen LogP contribution in [0.4, 0.5) is 0 Å². The van der Waals surface area contributed by atoms with Crippen LogP contribution < -0.4 is 5.32 Å². The predicted octanol–water partition coefficient (Wildman–Crippen LogP) is 3.49. The number of hydrogen-bond acceptors (Lipinski definition) is 4. The van der Waals surface area contributed by atoms with E-state index in [2.05, 4.69) is 39.7 Å². The Bertz CT molecular complexity index is 1160. The number of aromatic nitrogens is 3. The van der Waals surface area contributed by atoms with Crippen molar-refractivity contribution in [3.8, 4) is 11.1 Å². The maximum absolute atomic E-state index is 12.6. The molecule has 4 rings (SSSR count). The zero-order valence-corrected chi connectivity index (χ0v) is 17.0. The van der Waals surface area contributed by atoms with Crippen molar-refractivity contribution in [2.75, 3.05) is 6.54 Å². The van der Waals surface area contributed by atoms with Crippen LogP contribution >= 0.6 is 0 Å². The summed E-state index contributed by atoms with van der Waals surface area (Å²) in [4.78, 5) is 16.7. The van der Waals surface area contributed by atoms with Crippen molar-refractivity contribution in [2.45, 2.75) is 25.9 Å². The molecule has 0 saturated heterocycles. The van der Waals surface area contributed by atoms with Crippen LogP contribution in [-0.4, -0.2) is 37.8 Å². The summed E-state index contributed by atoms with van der Waals surface area (Å²) in [5.41, 5.74) is 4.65. The zero-order valence-electron chi connectivity index (χ0n) is 17.0. The SMILES string of the molecule is CC(C)(O)CNC(=O)c1cc(Cc2ccc(-c3cccnc3)cc2)c2cccn2n1. The number of hydrogen-bond donors (Lipinski definition) is 2. The topological polar surface area (TPSA) is 79.5 Å². The number of carbonyl (C=O) groups excluding carboxylic acids is 1. The average Bonchev–Trinajstić information content (AvgIpc) is 3.22. The number of pyridine rings is 1. The van der Waals surface area contributed by atoms with Crippen molar-refractivity contribution in [3.05, 3.63) is 90.0 Å². The molecule has 0 fully saturated rings.